The molecule has 1 atom stereocenters. The highest BCUT2D eigenvalue weighted by Crippen LogP contribution is 2.32. The lowest BCUT2D eigenvalue weighted by molar-refractivity contribution is -0.103. The number of hydrogen-bond acceptors (Lipinski definition) is 4. The average Bonchev–Trinajstić information content (AvgIpc) is 3.39. The Kier molecular flexibility index (Phi) is 4.04. The SMILES string of the molecule is O=C(NC1CC1)N1CCO[C@@]2(CCCN(c3ncccc3F)C2)C1. The lowest BCUT2D eigenvalue weighted by atomic mass is 9.90. The number of nitrogens with one attached hydrogen (secondary N) is 1. The Morgan fingerprint density at radius 3 is 3.04 bits per heavy atom. The summed E-state index contributed by atoms with van der Waals surface area (Å²) in [5.74, 6) is 0.0634. The number of morpholine rings is 1. The molecule has 0 bridgehead atoms. The first-order chi connectivity index (χ1) is 11.7. The van der Waals surface area contributed by atoms with Crippen LogP contribution in [0, 0.1) is 5.82 Å². The third kappa shape index (κ3) is 3.17. The Morgan fingerprint density at radius 1 is 1.38 bits per heavy atom. The summed E-state index contributed by atoms with van der Waals surface area (Å²) in [6.07, 6.45) is 5.54. The predicted octanol–water partition coefficient (Wildman–Crippen LogP) is 1.76. The van der Waals surface area contributed by atoms with E-state index in [0.717, 1.165) is 32.2 Å². The molecule has 1 aromatic rings. The molecule has 130 valence electrons. The molecule has 1 aliphatic carbocycles. The van der Waals surface area contributed by atoms with E-state index in [1.54, 1.807) is 12.3 Å². The van der Waals surface area contributed by atoms with Crippen LogP contribution in [0.3, 0.4) is 0 Å². The maximum Gasteiger partial charge on any atom is 0.317 e. The zero-order valence-electron chi connectivity index (χ0n) is 13.7. The molecule has 7 heteroatoms. The van der Waals surface area contributed by atoms with Crippen LogP contribution in [0.4, 0.5) is 15.0 Å². The summed E-state index contributed by atoms with van der Waals surface area (Å²) < 4.78 is 20.2. The van der Waals surface area contributed by atoms with Gasteiger partial charge in [0.05, 0.1) is 19.7 Å². The standard InChI is InChI=1S/C17H23FN4O2/c18-14-3-1-7-19-15(14)21-8-2-6-17(11-21)12-22(9-10-24-17)16(23)20-13-4-5-13/h1,3,7,13H,2,4-6,8-12H2,(H,20,23)/t17-/m1/s1. The van der Waals surface area contributed by atoms with Gasteiger partial charge in [0.25, 0.3) is 0 Å². The summed E-state index contributed by atoms with van der Waals surface area (Å²) in [5.41, 5.74) is -0.429. The fourth-order valence-corrected chi connectivity index (χ4v) is 3.65. The van der Waals surface area contributed by atoms with Gasteiger partial charge in [0, 0.05) is 25.3 Å². The lowest BCUT2D eigenvalue weighted by Gasteiger charge is -2.48. The van der Waals surface area contributed by atoms with Crippen molar-refractivity contribution >= 4 is 11.8 Å². The molecule has 0 unspecified atom stereocenters. The first kappa shape index (κ1) is 15.6. The molecule has 0 aromatic carbocycles. The van der Waals surface area contributed by atoms with Gasteiger partial charge in [0.1, 0.15) is 5.60 Å². The van der Waals surface area contributed by atoms with E-state index in [-0.39, 0.29) is 11.8 Å². The van der Waals surface area contributed by atoms with E-state index in [2.05, 4.69) is 10.3 Å². The van der Waals surface area contributed by atoms with Crippen LogP contribution in [0.1, 0.15) is 25.7 Å². The van der Waals surface area contributed by atoms with Crippen molar-refractivity contribution in [1.82, 2.24) is 15.2 Å². The third-order valence-corrected chi connectivity index (χ3v) is 5.02. The summed E-state index contributed by atoms with van der Waals surface area (Å²) >= 11 is 0. The Balaban J connectivity index is 1.47. The Labute approximate surface area is 141 Å². The maximum absolute atomic E-state index is 14.1. The normalized spacial score (nSPS) is 27.4. The molecule has 2 aliphatic heterocycles. The van der Waals surface area contributed by atoms with E-state index in [1.165, 1.54) is 6.07 Å². The van der Waals surface area contributed by atoms with Gasteiger partial charge in [-0.2, -0.15) is 0 Å². The van der Waals surface area contributed by atoms with Crippen LogP contribution in [-0.4, -0.2) is 60.3 Å². The summed E-state index contributed by atoms with van der Waals surface area (Å²) in [7, 11) is 0. The number of anilines is 1. The second-order valence-corrected chi connectivity index (χ2v) is 7.01. The number of amides is 2. The molecule has 1 saturated carbocycles. The van der Waals surface area contributed by atoms with Crippen molar-refractivity contribution in [2.24, 2.45) is 0 Å². The molecule has 0 radical (unpaired) electrons. The van der Waals surface area contributed by atoms with Crippen molar-refractivity contribution in [1.29, 1.82) is 0 Å². The molecule has 6 nitrogen and oxygen atoms in total. The number of rotatable bonds is 2. The summed E-state index contributed by atoms with van der Waals surface area (Å²) in [4.78, 5) is 20.3. The summed E-state index contributed by atoms with van der Waals surface area (Å²) in [6, 6.07) is 3.38. The van der Waals surface area contributed by atoms with Gasteiger partial charge in [-0.05, 0) is 37.8 Å². The Bertz CT molecular complexity index is 620. The van der Waals surface area contributed by atoms with Crippen LogP contribution in [0.2, 0.25) is 0 Å². The van der Waals surface area contributed by atoms with Crippen LogP contribution >= 0.6 is 0 Å². The molecule has 1 N–H and O–H groups in total. The highest BCUT2D eigenvalue weighted by Gasteiger charge is 2.43. The van der Waals surface area contributed by atoms with Gasteiger partial charge in [-0.3, -0.25) is 0 Å². The van der Waals surface area contributed by atoms with E-state index >= 15 is 0 Å². The molecule has 4 rings (SSSR count). The van der Waals surface area contributed by atoms with Gasteiger partial charge >= 0.3 is 6.03 Å². The summed E-state index contributed by atoms with van der Waals surface area (Å²) in [5, 5.41) is 3.04. The van der Waals surface area contributed by atoms with Gasteiger partial charge in [-0.15, -0.1) is 0 Å². The van der Waals surface area contributed by atoms with E-state index in [4.69, 9.17) is 4.74 Å². The van der Waals surface area contributed by atoms with E-state index in [1.807, 2.05) is 9.80 Å². The van der Waals surface area contributed by atoms with Crippen LogP contribution in [0.15, 0.2) is 18.3 Å². The first-order valence-corrected chi connectivity index (χ1v) is 8.70. The molecule has 24 heavy (non-hydrogen) atoms. The smallest absolute Gasteiger partial charge is 0.317 e. The van der Waals surface area contributed by atoms with Crippen molar-refractivity contribution in [3.05, 3.63) is 24.1 Å². The van der Waals surface area contributed by atoms with E-state index in [0.29, 0.717) is 38.1 Å². The molecular formula is C17H23FN4O2. The molecule has 2 saturated heterocycles. The minimum atomic E-state index is -0.429. The van der Waals surface area contributed by atoms with Crippen LogP contribution in [0.25, 0.3) is 0 Å². The number of pyridine rings is 1. The first-order valence-electron chi connectivity index (χ1n) is 8.70. The molecule has 3 aliphatic rings. The molecule has 3 fully saturated rings. The number of carbonyl (C=O) groups excluding carboxylic acids is 1. The Hall–Kier alpha value is -1.89. The predicted molar refractivity (Wildman–Crippen MR) is 87.5 cm³/mol. The number of carbonyl (C=O) groups is 1. The number of ether oxygens (including phenoxy) is 1. The van der Waals surface area contributed by atoms with Crippen LogP contribution < -0.4 is 10.2 Å². The highest BCUT2D eigenvalue weighted by atomic mass is 19.1. The molecule has 1 spiro atoms. The highest BCUT2D eigenvalue weighted by molar-refractivity contribution is 5.75. The van der Waals surface area contributed by atoms with Crippen molar-refractivity contribution in [2.75, 3.05) is 37.7 Å². The van der Waals surface area contributed by atoms with Crippen molar-refractivity contribution < 1.29 is 13.9 Å². The van der Waals surface area contributed by atoms with Crippen LogP contribution in [0.5, 0.6) is 0 Å². The van der Waals surface area contributed by atoms with Gasteiger partial charge in [-0.25, -0.2) is 14.2 Å². The minimum Gasteiger partial charge on any atom is -0.369 e. The quantitative estimate of drug-likeness (QED) is 0.895. The fraction of sp³-hybridized carbons (Fsp3) is 0.647. The van der Waals surface area contributed by atoms with Crippen molar-refractivity contribution in [3.63, 3.8) is 0 Å². The zero-order valence-corrected chi connectivity index (χ0v) is 13.7. The largest absolute Gasteiger partial charge is 0.369 e. The third-order valence-electron chi connectivity index (χ3n) is 5.02. The molecule has 2 amide bonds. The molecule has 3 heterocycles. The molecular weight excluding hydrogens is 311 g/mol. The maximum atomic E-state index is 14.1. The zero-order chi connectivity index (χ0) is 16.6. The van der Waals surface area contributed by atoms with Crippen molar-refractivity contribution in [3.8, 4) is 0 Å². The fourth-order valence-electron chi connectivity index (χ4n) is 3.65. The lowest BCUT2D eigenvalue weighted by Crippen LogP contribution is -2.62. The number of piperidine rings is 1. The van der Waals surface area contributed by atoms with E-state index < -0.39 is 5.60 Å². The minimum absolute atomic E-state index is 0.00122. The molecule has 1 aromatic heterocycles. The Morgan fingerprint density at radius 2 is 2.25 bits per heavy atom. The number of hydrogen-bond donors (Lipinski definition) is 1. The number of nitrogens with zero attached hydrogens (tertiary/aromatic N) is 3. The van der Waals surface area contributed by atoms with E-state index in [9.17, 15) is 9.18 Å². The second kappa shape index (κ2) is 6.20. The average molecular weight is 334 g/mol. The van der Waals surface area contributed by atoms with Gasteiger partial charge in [-0.1, -0.05) is 0 Å². The number of aromatic nitrogens is 1. The van der Waals surface area contributed by atoms with Gasteiger partial charge < -0.3 is 19.9 Å². The monoisotopic (exact) mass is 334 g/mol. The second-order valence-electron chi connectivity index (χ2n) is 7.01. The topological polar surface area (TPSA) is 57.7 Å². The number of halogens is 1. The van der Waals surface area contributed by atoms with Crippen LogP contribution in [-0.2, 0) is 4.74 Å². The van der Waals surface area contributed by atoms with Crippen molar-refractivity contribution in [2.45, 2.75) is 37.3 Å². The van der Waals surface area contributed by atoms with Gasteiger partial charge in [0.2, 0.25) is 0 Å². The summed E-state index contributed by atoms with van der Waals surface area (Å²) in [6.45, 7) is 3.01. The van der Waals surface area contributed by atoms with Gasteiger partial charge in [0.15, 0.2) is 11.6 Å². The number of urea groups is 1.